The van der Waals surface area contributed by atoms with Gasteiger partial charge in [0.05, 0.1) is 12.8 Å². The smallest absolute Gasteiger partial charge is 0.180 e. The van der Waals surface area contributed by atoms with Crippen molar-refractivity contribution in [3.05, 3.63) is 24.3 Å². The van der Waals surface area contributed by atoms with Crippen molar-refractivity contribution in [2.24, 2.45) is 5.10 Å². The van der Waals surface area contributed by atoms with E-state index < -0.39 is 0 Å². The fraction of sp³-hybridized carbons (Fsp3) is 0.467. The van der Waals surface area contributed by atoms with Crippen LogP contribution in [0.5, 0.6) is 5.75 Å². The van der Waals surface area contributed by atoms with Crippen LogP contribution in [0.3, 0.4) is 0 Å². The predicted molar refractivity (Wildman–Crippen MR) is 82.5 cm³/mol. The summed E-state index contributed by atoms with van der Waals surface area (Å²) in [6, 6.07) is 7.42. The van der Waals surface area contributed by atoms with Crippen molar-refractivity contribution in [3.63, 3.8) is 0 Å². The molecule has 110 valence electrons. The van der Waals surface area contributed by atoms with Gasteiger partial charge in [0.2, 0.25) is 0 Å². The van der Waals surface area contributed by atoms with Crippen molar-refractivity contribution >= 4 is 17.2 Å². The highest BCUT2D eigenvalue weighted by molar-refractivity contribution is 6.40. The van der Waals surface area contributed by atoms with Gasteiger partial charge in [-0.25, -0.2) is 0 Å². The number of hydrogen-bond acceptors (Lipinski definition) is 5. The first-order valence-electron chi connectivity index (χ1n) is 7.00. The number of rotatable bonds is 3. The molecule has 0 aromatic heterocycles. The van der Waals surface area contributed by atoms with Gasteiger partial charge >= 0.3 is 0 Å². The number of ketones is 1. The summed E-state index contributed by atoms with van der Waals surface area (Å²) in [5.74, 6) is 0.906. The van der Waals surface area contributed by atoms with Crippen LogP contribution in [-0.2, 0) is 4.79 Å². The van der Waals surface area contributed by atoms with Gasteiger partial charge in [0.25, 0.3) is 0 Å². The third-order valence-electron chi connectivity index (χ3n) is 2.80. The molecule has 0 aliphatic carbocycles. The van der Waals surface area contributed by atoms with E-state index in [1.54, 1.807) is 7.11 Å². The van der Waals surface area contributed by atoms with E-state index in [0.29, 0.717) is 18.6 Å². The van der Waals surface area contributed by atoms with E-state index in [0.717, 1.165) is 24.5 Å². The Morgan fingerprint density at radius 2 is 1.80 bits per heavy atom. The number of hydrazone groups is 1. The van der Waals surface area contributed by atoms with Gasteiger partial charge in [0.1, 0.15) is 11.5 Å². The van der Waals surface area contributed by atoms with Crippen LogP contribution in [0.15, 0.2) is 29.4 Å². The molecule has 0 amide bonds. The molecule has 0 unspecified atom stereocenters. The lowest BCUT2D eigenvalue weighted by molar-refractivity contribution is -0.112. The van der Waals surface area contributed by atoms with Crippen molar-refractivity contribution < 1.29 is 9.53 Å². The van der Waals surface area contributed by atoms with Crippen LogP contribution in [0.1, 0.15) is 26.7 Å². The summed E-state index contributed by atoms with van der Waals surface area (Å²) in [5.41, 5.74) is 4.36. The second-order valence-electron chi connectivity index (χ2n) is 4.07. The van der Waals surface area contributed by atoms with Gasteiger partial charge in [-0.3, -0.25) is 10.2 Å². The second kappa shape index (κ2) is 9.09. The molecule has 2 rings (SSSR count). The number of carbonyl (C=O) groups is 1. The molecule has 1 aliphatic rings. The van der Waals surface area contributed by atoms with E-state index >= 15 is 0 Å². The Bertz CT molecular complexity index is 441. The Balaban J connectivity index is 0.000000956. The number of anilines is 1. The molecule has 0 bridgehead atoms. The first-order chi connectivity index (χ1) is 9.79. The van der Waals surface area contributed by atoms with E-state index in [1.165, 1.54) is 0 Å². The Morgan fingerprint density at radius 1 is 1.15 bits per heavy atom. The van der Waals surface area contributed by atoms with Crippen molar-refractivity contribution in [3.8, 4) is 5.75 Å². The topological polar surface area (TPSA) is 62.7 Å². The summed E-state index contributed by atoms with van der Waals surface area (Å²) < 4.78 is 5.07. The zero-order valence-electron chi connectivity index (χ0n) is 12.4. The SMILES string of the molecule is CC.COc1ccc(N/N=C2\CCNCCC2=O)cc1. The molecule has 5 nitrogen and oxygen atoms in total. The van der Waals surface area contributed by atoms with Crippen LogP contribution in [0.4, 0.5) is 5.69 Å². The highest BCUT2D eigenvalue weighted by atomic mass is 16.5. The molecule has 1 aromatic rings. The van der Waals surface area contributed by atoms with Gasteiger partial charge < -0.3 is 10.1 Å². The average Bonchev–Trinajstić information content (AvgIpc) is 2.72. The van der Waals surface area contributed by atoms with E-state index in [2.05, 4.69) is 15.8 Å². The molecule has 1 aromatic carbocycles. The van der Waals surface area contributed by atoms with Crippen LogP contribution in [0.25, 0.3) is 0 Å². The summed E-state index contributed by atoms with van der Waals surface area (Å²) in [7, 11) is 1.62. The maximum atomic E-state index is 11.7. The summed E-state index contributed by atoms with van der Waals surface area (Å²) in [4.78, 5) is 11.7. The number of hydrogen-bond donors (Lipinski definition) is 2. The Morgan fingerprint density at radius 3 is 2.45 bits per heavy atom. The van der Waals surface area contributed by atoms with E-state index in [-0.39, 0.29) is 5.78 Å². The Kier molecular flexibility index (Phi) is 7.35. The third-order valence-corrected chi connectivity index (χ3v) is 2.80. The molecule has 1 heterocycles. The third kappa shape index (κ3) is 5.01. The van der Waals surface area contributed by atoms with Crippen LogP contribution in [-0.4, -0.2) is 31.7 Å². The van der Waals surface area contributed by atoms with E-state index in [4.69, 9.17) is 4.74 Å². The fourth-order valence-corrected chi connectivity index (χ4v) is 1.73. The van der Waals surface area contributed by atoms with E-state index in [9.17, 15) is 4.79 Å². The summed E-state index contributed by atoms with van der Waals surface area (Å²) in [6.07, 6.45) is 1.19. The van der Waals surface area contributed by atoms with Gasteiger partial charge in [-0.05, 0) is 24.3 Å². The molecule has 0 atom stereocenters. The van der Waals surface area contributed by atoms with Gasteiger partial charge in [-0.1, -0.05) is 13.8 Å². The van der Waals surface area contributed by atoms with Crippen molar-refractivity contribution in [1.82, 2.24) is 5.32 Å². The molecule has 1 aliphatic heterocycles. The standard InChI is InChI=1S/C13H17N3O2.C2H6/c1-18-11-4-2-10(3-5-11)15-16-12-6-8-14-9-7-13(12)17;1-2/h2-5,14-15H,6-9H2,1H3;1-2H3/b16-12+;. The van der Waals surface area contributed by atoms with Gasteiger partial charge in [0.15, 0.2) is 5.78 Å². The minimum atomic E-state index is 0.112. The zero-order valence-corrected chi connectivity index (χ0v) is 12.4. The molecule has 1 fully saturated rings. The maximum absolute atomic E-state index is 11.7. The number of nitrogens with zero attached hydrogens (tertiary/aromatic N) is 1. The largest absolute Gasteiger partial charge is 0.497 e. The molecule has 5 heteroatoms. The van der Waals surface area contributed by atoms with Gasteiger partial charge in [-0.2, -0.15) is 5.10 Å². The molecule has 1 saturated heterocycles. The highest BCUT2D eigenvalue weighted by Crippen LogP contribution is 2.15. The summed E-state index contributed by atoms with van der Waals surface area (Å²) in [6.45, 7) is 5.54. The highest BCUT2D eigenvalue weighted by Gasteiger charge is 2.14. The van der Waals surface area contributed by atoms with Crippen molar-refractivity contribution in [2.75, 3.05) is 25.6 Å². The second-order valence-corrected chi connectivity index (χ2v) is 4.07. The molecule has 0 spiro atoms. The molecule has 2 N–H and O–H groups in total. The van der Waals surface area contributed by atoms with Gasteiger partial charge in [-0.15, -0.1) is 0 Å². The van der Waals surface area contributed by atoms with Crippen LogP contribution in [0.2, 0.25) is 0 Å². The number of carbonyl (C=O) groups excluding carboxylic acids is 1. The average molecular weight is 277 g/mol. The number of ether oxygens (including phenoxy) is 1. The monoisotopic (exact) mass is 277 g/mol. The minimum Gasteiger partial charge on any atom is -0.497 e. The first kappa shape index (κ1) is 16.2. The lowest BCUT2D eigenvalue weighted by Gasteiger charge is -2.04. The van der Waals surface area contributed by atoms with Crippen LogP contribution >= 0.6 is 0 Å². The Labute approximate surface area is 120 Å². The van der Waals surface area contributed by atoms with E-state index in [1.807, 2.05) is 38.1 Å². The van der Waals surface area contributed by atoms with Crippen LogP contribution < -0.4 is 15.5 Å². The van der Waals surface area contributed by atoms with Crippen molar-refractivity contribution in [1.29, 1.82) is 0 Å². The number of nitrogens with one attached hydrogen (secondary N) is 2. The number of Topliss-reactive ketones (excluding diaryl/α,β-unsaturated/α-hetero) is 1. The molecule has 0 radical (unpaired) electrons. The maximum Gasteiger partial charge on any atom is 0.180 e. The number of methoxy groups -OCH3 is 1. The lowest BCUT2D eigenvalue weighted by Crippen LogP contribution is -2.15. The molecular formula is C15H23N3O2. The predicted octanol–water partition coefficient (Wildman–Crippen LogP) is 2.44. The molecule has 0 saturated carbocycles. The van der Waals surface area contributed by atoms with Gasteiger partial charge in [0, 0.05) is 25.9 Å². The van der Waals surface area contributed by atoms with Crippen LogP contribution in [0, 0.1) is 0 Å². The molecular weight excluding hydrogens is 254 g/mol. The zero-order chi connectivity index (χ0) is 14.8. The fourth-order valence-electron chi connectivity index (χ4n) is 1.73. The summed E-state index contributed by atoms with van der Waals surface area (Å²) in [5, 5.41) is 7.36. The summed E-state index contributed by atoms with van der Waals surface area (Å²) >= 11 is 0. The normalized spacial score (nSPS) is 16.9. The Hall–Kier alpha value is -1.88. The molecule has 20 heavy (non-hydrogen) atoms. The quantitative estimate of drug-likeness (QED) is 0.833. The number of benzene rings is 1. The first-order valence-corrected chi connectivity index (χ1v) is 7.00. The van der Waals surface area contributed by atoms with Crippen molar-refractivity contribution in [2.45, 2.75) is 26.7 Å². The lowest BCUT2D eigenvalue weighted by atomic mass is 10.1. The minimum absolute atomic E-state index is 0.112.